The molecule has 0 bridgehead atoms. The molecule has 2 aliphatic heterocycles. The van der Waals surface area contributed by atoms with Gasteiger partial charge < -0.3 is 15.2 Å². The quantitative estimate of drug-likeness (QED) is 0.587. The van der Waals surface area contributed by atoms with E-state index in [1.807, 2.05) is 0 Å². The lowest BCUT2D eigenvalue weighted by Gasteiger charge is -2.36. The molecule has 8 heteroatoms. The monoisotopic (exact) mass is 290 g/mol. The van der Waals surface area contributed by atoms with Crippen LogP contribution in [0.5, 0.6) is 0 Å². The number of carbonyl (C=O) groups excluding carboxylic acids is 3. The number of rotatable bonds is 1. The summed E-state index contributed by atoms with van der Waals surface area (Å²) in [5, 5.41) is 4.84. The van der Waals surface area contributed by atoms with Gasteiger partial charge in [0.25, 0.3) is 11.8 Å². The molecule has 1 aromatic rings. The molecule has 0 saturated carbocycles. The molecule has 1 spiro atoms. The molecule has 21 heavy (non-hydrogen) atoms. The number of aromatic amines is 1. The van der Waals surface area contributed by atoms with Crippen LogP contribution in [0.4, 0.5) is 4.79 Å². The Morgan fingerprint density at radius 2 is 1.90 bits per heavy atom. The summed E-state index contributed by atoms with van der Waals surface area (Å²) in [7, 11) is 0. The van der Waals surface area contributed by atoms with Crippen molar-refractivity contribution in [2.75, 3.05) is 13.1 Å². The Morgan fingerprint density at radius 1 is 1.19 bits per heavy atom. The van der Waals surface area contributed by atoms with Crippen LogP contribution in [0.2, 0.25) is 0 Å². The van der Waals surface area contributed by atoms with Gasteiger partial charge in [-0.15, -0.1) is 0 Å². The third-order valence-corrected chi connectivity index (χ3v) is 3.97. The number of likely N-dealkylation sites (tertiary alicyclic amines) is 1. The average Bonchev–Trinajstić information content (AvgIpc) is 2.74. The lowest BCUT2D eigenvalue weighted by molar-refractivity contribution is -0.125. The van der Waals surface area contributed by atoms with Crippen molar-refractivity contribution in [2.45, 2.75) is 18.4 Å². The maximum absolute atomic E-state index is 12.3. The third kappa shape index (κ3) is 2.18. The Hall–Kier alpha value is -2.64. The van der Waals surface area contributed by atoms with Crippen LogP contribution in [0.1, 0.15) is 23.2 Å². The molecule has 1 aromatic heterocycles. The fourth-order valence-electron chi connectivity index (χ4n) is 2.73. The summed E-state index contributed by atoms with van der Waals surface area (Å²) in [5.41, 5.74) is -1.18. The topological polar surface area (TPSA) is 111 Å². The van der Waals surface area contributed by atoms with Gasteiger partial charge in [-0.2, -0.15) is 0 Å². The van der Waals surface area contributed by atoms with Crippen LogP contribution in [0.3, 0.4) is 0 Å². The number of imide groups is 1. The van der Waals surface area contributed by atoms with E-state index in [1.54, 1.807) is 0 Å². The van der Waals surface area contributed by atoms with E-state index in [-0.39, 0.29) is 22.8 Å². The van der Waals surface area contributed by atoms with Gasteiger partial charge in [-0.05, 0) is 12.8 Å². The van der Waals surface area contributed by atoms with Gasteiger partial charge in [-0.3, -0.25) is 19.7 Å². The number of hydrogen-bond donors (Lipinski definition) is 3. The summed E-state index contributed by atoms with van der Waals surface area (Å²) >= 11 is 0. The predicted octanol–water partition coefficient (Wildman–Crippen LogP) is -0.811. The first-order chi connectivity index (χ1) is 10.0. The second-order valence-electron chi connectivity index (χ2n) is 5.20. The largest absolute Gasteiger partial charge is 0.367 e. The number of piperidine rings is 1. The second kappa shape index (κ2) is 4.72. The Balaban J connectivity index is 1.73. The highest BCUT2D eigenvalue weighted by molar-refractivity contribution is 6.07. The molecule has 110 valence electrons. The molecule has 2 aliphatic rings. The summed E-state index contributed by atoms with van der Waals surface area (Å²) in [6, 6.07) is 0.794. The van der Waals surface area contributed by atoms with Gasteiger partial charge in [0.1, 0.15) is 11.1 Å². The van der Waals surface area contributed by atoms with Crippen LogP contribution in [-0.2, 0) is 4.79 Å². The Morgan fingerprint density at radius 3 is 2.48 bits per heavy atom. The Labute approximate surface area is 119 Å². The molecule has 0 aliphatic carbocycles. The van der Waals surface area contributed by atoms with Crippen LogP contribution in [0, 0.1) is 0 Å². The number of pyridine rings is 1. The lowest BCUT2D eigenvalue weighted by Crippen LogP contribution is -2.56. The highest BCUT2D eigenvalue weighted by Crippen LogP contribution is 2.25. The molecular weight excluding hydrogens is 276 g/mol. The van der Waals surface area contributed by atoms with E-state index in [9.17, 15) is 19.2 Å². The Kier molecular flexibility index (Phi) is 3.00. The number of aromatic nitrogens is 1. The summed E-state index contributed by atoms with van der Waals surface area (Å²) in [5.74, 6) is -0.714. The number of amides is 4. The molecule has 3 N–H and O–H groups in total. The summed E-state index contributed by atoms with van der Waals surface area (Å²) < 4.78 is 0. The van der Waals surface area contributed by atoms with E-state index in [2.05, 4.69) is 15.6 Å². The van der Waals surface area contributed by atoms with Crippen LogP contribution in [0.25, 0.3) is 0 Å². The van der Waals surface area contributed by atoms with Gasteiger partial charge in [0, 0.05) is 31.5 Å². The fourth-order valence-corrected chi connectivity index (χ4v) is 2.73. The van der Waals surface area contributed by atoms with Crippen LogP contribution in [0.15, 0.2) is 23.3 Å². The predicted molar refractivity (Wildman–Crippen MR) is 71.6 cm³/mol. The standard InChI is InChI=1S/C13H14N4O4/c18-9-1-4-14-7-8(9)10(19)17-5-2-13(3-6-17)11(20)15-12(21)16-13/h1,4,7H,2-3,5-6H2,(H,14,18)(H2,15,16,20,21). The van der Waals surface area contributed by atoms with Crippen molar-refractivity contribution in [3.8, 4) is 0 Å². The van der Waals surface area contributed by atoms with Gasteiger partial charge in [-0.25, -0.2) is 4.79 Å². The van der Waals surface area contributed by atoms with Crippen molar-refractivity contribution in [2.24, 2.45) is 0 Å². The zero-order valence-electron chi connectivity index (χ0n) is 11.1. The van der Waals surface area contributed by atoms with Crippen molar-refractivity contribution in [1.29, 1.82) is 0 Å². The molecule has 0 radical (unpaired) electrons. The fraction of sp³-hybridized carbons (Fsp3) is 0.385. The lowest BCUT2D eigenvalue weighted by atomic mass is 9.87. The second-order valence-corrected chi connectivity index (χ2v) is 5.20. The first kappa shape index (κ1) is 13.3. The van der Waals surface area contributed by atoms with Crippen molar-refractivity contribution in [3.05, 3.63) is 34.2 Å². The van der Waals surface area contributed by atoms with Crippen LogP contribution < -0.4 is 16.1 Å². The molecule has 0 atom stereocenters. The first-order valence-corrected chi connectivity index (χ1v) is 6.62. The molecule has 2 fully saturated rings. The average molecular weight is 290 g/mol. The molecule has 3 rings (SSSR count). The van der Waals surface area contributed by atoms with Gasteiger partial charge in [-0.1, -0.05) is 0 Å². The molecule has 2 saturated heterocycles. The zero-order valence-corrected chi connectivity index (χ0v) is 11.1. The number of urea groups is 1. The number of hydrogen-bond acceptors (Lipinski definition) is 4. The van der Waals surface area contributed by atoms with E-state index < -0.39 is 11.6 Å². The third-order valence-electron chi connectivity index (χ3n) is 3.97. The van der Waals surface area contributed by atoms with E-state index >= 15 is 0 Å². The first-order valence-electron chi connectivity index (χ1n) is 6.62. The van der Waals surface area contributed by atoms with Crippen molar-refractivity contribution >= 4 is 17.8 Å². The highest BCUT2D eigenvalue weighted by Gasteiger charge is 2.48. The van der Waals surface area contributed by atoms with Gasteiger partial charge in [0.05, 0.1) is 0 Å². The van der Waals surface area contributed by atoms with Crippen molar-refractivity contribution in [1.82, 2.24) is 20.5 Å². The molecule has 8 nitrogen and oxygen atoms in total. The van der Waals surface area contributed by atoms with Crippen molar-refractivity contribution in [3.63, 3.8) is 0 Å². The van der Waals surface area contributed by atoms with E-state index in [4.69, 9.17) is 0 Å². The molecule has 0 aromatic carbocycles. The van der Waals surface area contributed by atoms with E-state index in [1.165, 1.54) is 23.4 Å². The SMILES string of the molecule is O=C1NC(=O)C2(CCN(C(=O)c3c[nH]ccc3=O)CC2)N1. The molecule has 0 unspecified atom stereocenters. The minimum Gasteiger partial charge on any atom is -0.367 e. The maximum atomic E-state index is 12.3. The summed E-state index contributed by atoms with van der Waals surface area (Å²) in [6.45, 7) is 0.613. The van der Waals surface area contributed by atoms with E-state index in [0.29, 0.717) is 25.9 Å². The van der Waals surface area contributed by atoms with Crippen molar-refractivity contribution < 1.29 is 14.4 Å². The zero-order chi connectivity index (χ0) is 15.0. The van der Waals surface area contributed by atoms with Crippen LogP contribution >= 0.6 is 0 Å². The minimum absolute atomic E-state index is 0.0772. The Bertz CT molecular complexity index is 673. The highest BCUT2D eigenvalue weighted by atomic mass is 16.2. The number of nitrogens with one attached hydrogen (secondary N) is 3. The maximum Gasteiger partial charge on any atom is 0.322 e. The van der Waals surface area contributed by atoms with Gasteiger partial charge >= 0.3 is 6.03 Å². The van der Waals surface area contributed by atoms with Gasteiger partial charge in [0.15, 0.2) is 5.43 Å². The molecule has 4 amide bonds. The normalized spacial score (nSPS) is 20.3. The molecular formula is C13H14N4O4. The smallest absolute Gasteiger partial charge is 0.322 e. The van der Waals surface area contributed by atoms with E-state index in [0.717, 1.165) is 0 Å². The number of carbonyl (C=O) groups is 3. The number of nitrogens with zero attached hydrogens (tertiary/aromatic N) is 1. The van der Waals surface area contributed by atoms with Gasteiger partial charge in [0.2, 0.25) is 0 Å². The minimum atomic E-state index is -0.920. The molecule has 3 heterocycles. The number of H-pyrrole nitrogens is 1. The summed E-state index contributed by atoms with van der Waals surface area (Å²) in [6.07, 6.45) is 3.50. The summed E-state index contributed by atoms with van der Waals surface area (Å²) in [4.78, 5) is 51.2. The van der Waals surface area contributed by atoms with Crippen LogP contribution in [-0.4, -0.2) is 46.4 Å².